The Bertz CT molecular complexity index is 1410. The molecule has 0 spiro atoms. The Morgan fingerprint density at radius 3 is 2.15 bits per heavy atom. The van der Waals surface area contributed by atoms with Crippen molar-refractivity contribution in [3.05, 3.63) is 115 Å². The van der Waals surface area contributed by atoms with Crippen molar-refractivity contribution < 1.29 is 24.2 Å². The van der Waals surface area contributed by atoms with Crippen LogP contribution >= 0.6 is 0 Å². The molecule has 0 aromatic heterocycles. The summed E-state index contributed by atoms with van der Waals surface area (Å²) in [6.07, 6.45) is 6.77. The lowest BCUT2D eigenvalue weighted by Gasteiger charge is -2.33. The number of hydrogen-bond donors (Lipinski definition) is 2. The lowest BCUT2D eigenvalue weighted by atomic mass is 9.94. The first-order chi connectivity index (χ1) is 22.3. The van der Waals surface area contributed by atoms with Gasteiger partial charge in [0.25, 0.3) is 0 Å². The van der Waals surface area contributed by atoms with Crippen LogP contribution in [0.1, 0.15) is 62.1 Å². The van der Waals surface area contributed by atoms with Gasteiger partial charge in [-0.1, -0.05) is 99.7 Å². The van der Waals surface area contributed by atoms with E-state index in [4.69, 9.17) is 9.47 Å². The molecule has 0 heterocycles. The van der Waals surface area contributed by atoms with Crippen LogP contribution in [0.2, 0.25) is 0 Å². The molecule has 0 aliphatic heterocycles. The van der Waals surface area contributed by atoms with Crippen LogP contribution < -0.4 is 10.1 Å². The SMILES string of the molecule is C=CCCCCCOC[C@@H](NC(=O)[C@@H](Cc1ccc(OCC=C)cc1)N(CC1c2ccccc2-c2ccccc21)C(=O)O)C(C)C. The van der Waals surface area contributed by atoms with Gasteiger partial charge in [0.2, 0.25) is 5.91 Å². The fourth-order valence-electron chi connectivity index (χ4n) is 6.00. The number of amides is 2. The molecule has 0 fully saturated rings. The summed E-state index contributed by atoms with van der Waals surface area (Å²) >= 11 is 0. The summed E-state index contributed by atoms with van der Waals surface area (Å²) in [7, 11) is 0. The normalized spacial score (nSPS) is 13.4. The van der Waals surface area contributed by atoms with Gasteiger partial charge in [0.1, 0.15) is 18.4 Å². The standard InChI is InChI=1S/C39H48N2O5/c1-5-7-8-9-14-24-45-27-36(28(3)4)40-38(42)37(25-29-19-21-30(22-20-29)46-23-6-2)41(39(43)44)26-35-33-17-12-10-15-31(33)32-16-11-13-18-34(32)35/h5-6,10-13,15-22,28,35-37H,1-2,7-9,14,23-27H2,3-4H3,(H,40,42)(H,43,44)/t36-,37-/m1/s1. The number of nitrogens with zero attached hydrogens (tertiary/aromatic N) is 1. The average Bonchev–Trinajstić information content (AvgIpc) is 3.37. The molecule has 7 nitrogen and oxygen atoms in total. The lowest BCUT2D eigenvalue weighted by Crippen LogP contribution is -2.55. The van der Waals surface area contributed by atoms with Crippen LogP contribution in [0.15, 0.2) is 98.1 Å². The van der Waals surface area contributed by atoms with Crippen LogP contribution in [0.3, 0.4) is 0 Å². The zero-order chi connectivity index (χ0) is 32.9. The second-order valence-electron chi connectivity index (χ2n) is 12.2. The van der Waals surface area contributed by atoms with Crippen molar-refractivity contribution in [1.82, 2.24) is 10.2 Å². The smallest absolute Gasteiger partial charge is 0.408 e. The van der Waals surface area contributed by atoms with Crippen LogP contribution in [0, 0.1) is 5.92 Å². The monoisotopic (exact) mass is 624 g/mol. The molecule has 7 heteroatoms. The quantitative estimate of drug-likeness (QED) is 0.105. The van der Waals surface area contributed by atoms with Crippen molar-refractivity contribution in [3.8, 4) is 16.9 Å². The van der Waals surface area contributed by atoms with Gasteiger partial charge in [-0.2, -0.15) is 0 Å². The predicted molar refractivity (Wildman–Crippen MR) is 184 cm³/mol. The molecular weight excluding hydrogens is 576 g/mol. The van der Waals surface area contributed by atoms with E-state index in [-0.39, 0.29) is 36.8 Å². The highest BCUT2D eigenvalue weighted by Crippen LogP contribution is 2.45. The number of hydrogen-bond acceptors (Lipinski definition) is 4. The van der Waals surface area contributed by atoms with Gasteiger partial charge >= 0.3 is 6.09 Å². The van der Waals surface area contributed by atoms with E-state index in [1.165, 1.54) is 4.90 Å². The molecule has 1 aliphatic rings. The van der Waals surface area contributed by atoms with Crippen molar-refractivity contribution in [2.24, 2.45) is 5.92 Å². The highest BCUT2D eigenvalue weighted by molar-refractivity contribution is 5.86. The number of rotatable bonds is 19. The van der Waals surface area contributed by atoms with E-state index in [2.05, 4.69) is 42.7 Å². The molecule has 0 saturated heterocycles. The molecule has 244 valence electrons. The first-order valence-electron chi connectivity index (χ1n) is 16.3. The fraction of sp³-hybridized carbons (Fsp3) is 0.385. The third-order valence-corrected chi connectivity index (χ3v) is 8.61. The molecule has 2 amide bonds. The highest BCUT2D eigenvalue weighted by atomic mass is 16.5. The molecule has 3 aromatic carbocycles. The average molecular weight is 625 g/mol. The van der Waals surface area contributed by atoms with E-state index in [1.807, 2.05) is 68.5 Å². The second-order valence-corrected chi connectivity index (χ2v) is 12.2. The molecule has 0 saturated carbocycles. The Morgan fingerprint density at radius 1 is 0.913 bits per heavy atom. The molecule has 46 heavy (non-hydrogen) atoms. The van der Waals surface area contributed by atoms with Crippen LogP contribution in [0.4, 0.5) is 4.79 Å². The zero-order valence-electron chi connectivity index (χ0n) is 27.2. The molecule has 2 N–H and O–H groups in total. The first-order valence-corrected chi connectivity index (χ1v) is 16.3. The molecule has 4 rings (SSSR count). The van der Waals surface area contributed by atoms with E-state index < -0.39 is 12.1 Å². The Balaban J connectivity index is 1.58. The van der Waals surface area contributed by atoms with Gasteiger partial charge in [0.15, 0.2) is 0 Å². The van der Waals surface area contributed by atoms with Gasteiger partial charge in [-0.25, -0.2) is 4.79 Å². The van der Waals surface area contributed by atoms with E-state index in [1.54, 1.807) is 6.08 Å². The number of unbranched alkanes of at least 4 members (excludes halogenated alkanes) is 3. The summed E-state index contributed by atoms with van der Waals surface area (Å²) in [5, 5.41) is 13.8. The number of carbonyl (C=O) groups is 2. The largest absolute Gasteiger partial charge is 0.490 e. The molecule has 0 bridgehead atoms. The van der Waals surface area contributed by atoms with Gasteiger partial charge in [-0.15, -0.1) is 6.58 Å². The van der Waals surface area contributed by atoms with Crippen molar-refractivity contribution in [2.45, 2.75) is 64.0 Å². The zero-order valence-corrected chi connectivity index (χ0v) is 27.2. The fourth-order valence-corrected chi connectivity index (χ4v) is 6.00. The summed E-state index contributed by atoms with van der Waals surface area (Å²) in [6, 6.07) is 22.4. The Morgan fingerprint density at radius 2 is 1.57 bits per heavy atom. The molecule has 0 unspecified atom stereocenters. The van der Waals surface area contributed by atoms with E-state index in [9.17, 15) is 14.7 Å². The molecule has 3 aromatic rings. The van der Waals surface area contributed by atoms with E-state index >= 15 is 0 Å². The maximum atomic E-state index is 14.2. The number of ether oxygens (including phenoxy) is 2. The van der Waals surface area contributed by atoms with Gasteiger partial charge in [0, 0.05) is 25.5 Å². The van der Waals surface area contributed by atoms with Gasteiger partial charge < -0.3 is 19.9 Å². The summed E-state index contributed by atoms with van der Waals surface area (Å²) in [4.78, 5) is 28.5. The minimum atomic E-state index is -1.13. The predicted octanol–water partition coefficient (Wildman–Crippen LogP) is 7.86. The number of fused-ring (bicyclic) bond motifs is 3. The Kier molecular flexibility index (Phi) is 13.0. The van der Waals surface area contributed by atoms with Gasteiger partial charge in [0.05, 0.1) is 12.6 Å². The van der Waals surface area contributed by atoms with Crippen molar-refractivity contribution in [2.75, 3.05) is 26.4 Å². The van der Waals surface area contributed by atoms with Crippen LogP contribution in [-0.2, 0) is 16.0 Å². The first kappa shape index (κ1) is 34.5. The highest BCUT2D eigenvalue weighted by Gasteiger charge is 2.37. The third-order valence-electron chi connectivity index (χ3n) is 8.61. The van der Waals surface area contributed by atoms with Crippen molar-refractivity contribution >= 4 is 12.0 Å². The Labute approximate surface area is 273 Å². The second kappa shape index (κ2) is 17.4. The van der Waals surface area contributed by atoms with Gasteiger partial charge in [-0.05, 0) is 65.1 Å². The molecular formula is C39H48N2O5. The summed E-state index contributed by atoms with van der Waals surface area (Å²) in [6.45, 7) is 13.0. The molecule has 0 radical (unpaired) electrons. The van der Waals surface area contributed by atoms with Crippen molar-refractivity contribution in [1.29, 1.82) is 0 Å². The van der Waals surface area contributed by atoms with E-state index in [0.29, 0.717) is 25.6 Å². The van der Waals surface area contributed by atoms with Crippen LogP contribution in [0.5, 0.6) is 5.75 Å². The minimum Gasteiger partial charge on any atom is -0.490 e. The number of benzene rings is 3. The maximum absolute atomic E-state index is 14.2. The lowest BCUT2D eigenvalue weighted by molar-refractivity contribution is -0.127. The van der Waals surface area contributed by atoms with E-state index in [0.717, 1.165) is 53.5 Å². The number of carbonyl (C=O) groups excluding carboxylic acids is 1. The van der Waals surface area contributed by atoms with Crippen LogP contribution in [0.25, 0.3) is 11.1 Å². The topological polar surface area (TPSA) is 88.1 Å². The molecule has 1 aliphatic carbocycles. The number of nitrogens with one attached hydrogen (secondary N) is 1. The number of allylic oxidation sites excluding steroid dienone is 1. The van der Waals surface area contributed by atoms with Crippen molar-refractivity contribution in [3.63, 3.8) is 0 Å². The number of carboxylic acid groups (broad SMARTS) is 1. The summed E-state index contributed by atoms with van der Waals surface area (Å²) in [5.41, 5.74) is 5.18. The molecule has 2 atom stereocenters. The Hall–Kier alpha value is -4.36. The minimum absolute atomic E-state index is 0.0959. The summed E-state index contributed by atoms with van der Waals surface area (Å²) < 4.78 is 11.6. The third kappa shape index (κ3) is 9.10. The van der Waals surface area contributed by atoms with Crippen LogP contribution in [-0.4, -0.2) is 60.5 Å². The van der Waals surface area contributed by atoms with Gasteiger partial charge in [-0.3, -0.25) is 9.69 Å². The summed E-state index contributed by atoms with van der Waals surface area (Å²) in [5.74, 6) is 0.250. The maximum Gasteiger partial charge on any atom is 0.408 e.